The van der Waals surface area contributed by atoms with Crippen LogP contribution in [0.1, 0.15) is 18.3 Å². The summed E-state index contributed by atoms with van der Waals surface area (Å²) in [5.74, 6) is 2.01. The van der Waals surface area contributed by atoms with E-state index in [9.17, 15) is 0 Å². The standard InChI is InChI=1S/C19H29N7/c1-3-18-23-22-16-26(18)10-9-21-19(20-2)25-13-11-24(12-14-25)15-17-7-5-4-6-8-17/h4-8,16H,3,9-15H2,1-2H3,(H,20,21). The number of aliphatic imine (C=N–C) groups is 1. The van der Waals surface area contributed by atoms with Crippen LogP contribution in [-0.2, 0) is 19.5 Å². The molecule has 2 aromatic rings. The van der Waals surface area contributed by atoms with E-state index in [2.05, 4.69) is 72.1 Å². The van der Waals surface area contributed by atoms with Crippen molar-refractivity contribution in [3.05, 3.63) is 48.0 Å². The lowest BCUT2D eigenvalue weighted by atomic mass is 10.2. The molecule has 0 unspecified atom stereocenters. The van der Waals surface area contributed by atoms with Gasteiger partial charge in [-0.3, -0.25) is 9.89 Å². The first-order chi connectivity index (χ1) is 12.8. The highest BCUT2D eigenvalue weighted by Gasteiger charge is 2.19. The Balaban J connectivity index is 1.43. The van der Waals surface area contributed by atoms with Crippen LogP contribution in [0.25, 0.3) is 0 Å². The van der Waals surface area contributed by atoms with E-state index >= 15 is 0 Å². The zero-order valence-electron chi connectivity index (χ0n) is 15.8. The van der Waals surface area contributed by atoms with E-state index in [1.54, 1.807) is 6.33 Å². The molecular weight excluding hydrogens is 326 g/mol. The van der Waals surface area contributed by atoms with Gasteiger partial charge in [-0.15, -0.1) is 10.2 Å². The van der Waals surface area contributed by atoms with Gasteiger partial charge in [0, 0.05) is 59.3 Å². The Morgan fingerprint density at radius 1 is 1.15 bits per heavy atom. The third-order valence-electron chi connectivity index (χ3n) is 4.78. The molecule has 3 rings (SSSR count). The second-order valence-corrected chi connectivity index (χ2v) is 6.52. The molecule has 0 atom stereocenters. The Kier molecular flexibility index (Phi) is 6.60. The number of hydrogen-bond donors (Lipinski definition) is 1. The van der Waals surface area contributed by atoms with Gasteiger partial charge in [0.2, 0.25) is 0 Å². The van der Waals surface area contributed by atoms with Gasteiger partial charge in [-0.05, 0) is 5.56 Å². The lowest BCUT2D eigenvalue weighted by molar-refractivity contribution is 0.172. The molecule has 0 bridgehead atoms. The second-order valence-electron chi connectivity index (χ2n) is 6.52. The fraction of sp³-hybridized carbons (Fsp3) is 0.526. The molecule has 1 saturated heterocycles. The summed E-state index contributed by atoms with van der Waals surface area (Å²) in [5.41, 5.74) is 1.38. The smallest absolute Gasteiger partial charge is 0.193 e. The predicted octanol–water partition coefficient (Wildman–Crippen LogP) is 1.23. The lowest BCUT2D eigenvalue weighted by Crippen LogP contribution is -2.52. The van der Waals surface area contributed by atoms with Gasteiger partial charge in [-0.2, -0.15) is 0 Å². The first-order valence-corrected chi connectivity index (χ1v) is 9.38. The van der Waals surface area contributed by atoms with Crippen molar-refractivity contribution < 1.29 is 0 Å². The Bertz CT molecular complexity index is 687. The largest absolute Gasteiger partial charge is 0.354 e. The minimum absolute atomic E-state index is 0.821. The molecular formula is C19H29N7. The van der Waals surface area contributed by atoms with E-state index in [4.69, 9.17) is 0 Å². The van der Waals surface area contributed by atoms with Crippen LogP contribution in [0.3, 0.4) is 0 Å². The third kappa shape index (κ3) is 4.82. The van der Waals surface area contributed by atoms with Crippen molar-refractivity contribution in [3.8, 4) is 0 Å². The number of guanidine groups is 1. The van der Waals surface area contributed by atoms with Crippen molar-refractivity contribution in [1.82, 2.24) is 29.9 Å². The van der Waals surface area contributed by atoms with Crippen LogP contribution in [-0.4, -0.2) is 70.3 Å². The van der Waals surface area contributed by atoms with E-state index in [-0.39, 0.29) is 0 Å². The molecule has 7 nitrogen and oxygen atoms in total. The van der Waals surface area contributed by atoms with Gasteiger partial charge in [-0.25, -0.2) is 0 Å². The molecule has 0 radical (unpaired) electrons. The van der Waals surface area contributed by atoms with E-state index in [0.717, 1.165) is 64.0 Å². The molecule has 1 aromatic heterocycles. The quantitative estimate of drug-likeness (QED) is 0.624. The molecule has 1 aromatic carbocycles. The zero-order chi connectivity index (χ0) is 18.2. The third-order valence-corrected chi connectivity index (χ3v) is 4.78. The van der Waals surface area contributed by atoms with E-state index < -0.39 is 0 Å². The number of piperazine rings is 1. The average molecular weight is 355 g/mol. The van der Waals surface area contributed by atoms with Gasteiger partial charge < -0.3 is 14.8 Å². The van der Waals surface area contributed by atoms with Crippen molar-refractivity contribution in [2.75, 3.05) is 39.8 Å². The number of hydrogen-bond acceptors (Lipinski definition) is 4. The molecule has 26 heavy (non-hydrogen) atoms. The topological polar surface area (TPSA) is 61.6 Å². The normalized spacial score (nSPS) is 16.1. The summed E-state index contributed by atoms with van der Waals surface area (Å²) in [5, 5.41) is 11.6. The zero-order valence-corrected chi connectivity index (χ0v) is 15.8. The van der Waals surface area contributed by atoms with Crippen molar-refractivity contribution in [2.45, 2.75) is 26.4 Å². The van der Waals surface area contributed by atoms with Crippen LogP contribution >= 0.6 is 0 Å². The number of aromatic nitrogens is 3. The summed E-state index contributed by atoms with van der Waals surface area (Å²) in [4.78, 5) is 9.30. The van der Waals surface area contributed by atoms with E-state index in [1.165, 1.54) is 5.56 Å². The molecule has 7 heteroatoms. The minimum Gasteiger partial charge on any atom is -0.354 e. The molecule has 1 N–H and O–H groups in total. The van der Waals surface area contributed by atoms with Crippen LogP contribution in [0.5, 0.6) is 0 Å². The number of benzene rings is 1. The van der Waals surface area contributed by atoms with Crippen molar-refractivity contribution >= 4 is 5.96 Å². The molecule has 1 fully saturated rings. The van der Waals surface area contributed by atoms with E-state index in [1.807, 2.05) is 7.05 Å². The number of aryl methyl sites for hydroxylation is 1. The van der Waals surface area contributed by atoms with Gasteiger partial charge in [0.05, 0.1) is 0 Å². The second kappa shape index (κ2) is 9.33. The van der Waals surface area contributed by atoms with Crippen molar-refractivity contribution in [1.29, 1.82) is 0 Å². The van der Waals surface area contributed by atoms with Gasteiger partial charge >= 0.3 is 0 Å². The highest BCUT2D eigenvalue weighted by atomic mass is 15.3. The fourth-order valence-corrected chi connectivity index (χ4v) is 3.32. The monoisotopic (exact) mass is 355 g/mol. The van der Waals surface area contributed by atoms with Crippen LogP contribution in [0.2, 0.25) is 0 Å². The SMILES string of the molecule is CCc1nncn1CCNC(=NC)N1CCN(Cc2ccccc2)CC1. The van der Waals surface area contributed by atoms with Crippen molar-refractivity contribution in [2.24, 2.45) is 4.99 Å². The van der Waals surface area contributed by atoms with Gasteiger partial charge in [-0.1, -0.05) is 37.3 Å². The molecule has 140 valence electrons. The molecule has 2 heterocycles. The Hall–Kier alpha value is -2.41. The molecule has 1 aliphatic heterocycles. The fourth-order valence-electron chi connectivity index (χ4n) is 3.32. The highest BCUT2D eigenvalue weighted by molar-refractivity contribution is 5.79. The van der Waals surface area contributed by atoms with Crippen molar-refractivity contribution in [3.63, 3.8) is 0 Å². The number of nitrogens with one attached hydrogen (secondary N) is 1. The first kappa shape index (κ1) is 18.4. The molecule has 1 aliphatic rings. The molecule has 0 spiro atoms. The number of rotatable bonds is 6. The summed E-state index contributed by atoms with van der Waals surface area (Å²) < 4.78 is 2.10. The van der Waals surface area contributed by atoms with Crippen LogP contribution in [0.15, 0.2) is 41.7 Å². The number of nitrogens with zero attached hydrogens (tertiary/aromatic N) is 6. The minimum atomic E-state index is 0.821. The highest BCUT2D eigenvalue weighted by Crippen LogP contribution is 2.08. The van der Waals surface area contributed by atoms with Gasteiger partial charge in [0.15, 0.2) is 5.96 Å². The summed E-state index contributed by atoms with van der Waals surface area (Å²) in [6, 6.07) is 10.7. The average Bonchev–Trinajstić information content (AvgIpc) is 3.14. The maximum absolute atomic E-state index is 4.45. The summed E-state index contributed by atoms with van der Waals surface area (Å²) in [6.45, 7) is 8.90. The van der Waals surface area contributed by atoms with Crippen LogP contribution in [0, 0.1) is 0 Å². The maximum atomic E-state index is 4.45. The van der Waals surface area contributed by atoms with Crippen LogP contribution in [0.4, 0.5) is 0 Å². The molecule has 0 saturated carbocycles. The first-order valence-electron chi connectivity index (χ1n) is 9.38. The maximum Gasteiger partial charge on any atom is 0.193 e. The van der Waals surface area contributed by atoms with Gasteiger partial charge in [0.25, 0.3) is 0 Å². The summed E-state index contributed by atoms with van der Waals surface area (Å²) in [7, 11) is 1.86. The molecule has 0 amide bonds. The summed E-state index contributed by atoms with van der Waals surface area (Å²) in [6.07, 6.45) is 2.70. The van der Waals surface area contributed by atoms with E-state index in [0.29, 0.717) is 0 Å². The lowest BCUT2D eigenvalue weighted by Gasteiger charge is -2.36. The Morgan fingerprint density at radius 2 is 1.92 bits per heavy atom. The van der Waals surface area contributed by atoms with Gasteiger partial charge in [0.1, 0.15) is 12.2 Å². The predicted molar refractivity (Wildman–Crippen MR) is 104 cm³/mol. The van der Waals surface area contributed by atoms with Crippen LogP contribution < -0.4 is 5.32 Å². The Labute approximate surface area is 155 Å². The summed E-state index contributed by atoms with van der Waals surface area (Å²) >= 11 is 0. The molecule has 0 aliphatic carbocycles. The Morgan fingerprint density at radius 3 is 2.62 bits per heavy atom.